The Hall–Kier alpha value is -1.50. The third-order valence-corrected chi connectivity index (χ3v) is 4.39. The largest absolute Gasteiger partial charge is 0.369 e. The van der Waals surface area contributed by atoms with E-state index in [4.69, 9.17) is 5.73 Å². The number of rotatable bonds is 4. The van der Waals surface area contributed by atoms with Crippen LogP contribution in [0.4, 0.5) is 0 Å². The van der Waals surface area contributed by atoms with Gasteiger partial charge in [-0.05, 0) is 12.8 Å². The van der Waals surface area contributed by atoms with E-state index < -0.39 is 0 Å². The second kappa shape index (κ2) is 6.10. The van der Waals surface area contributed by atoms with Crippen molar-refractivity contribution in [2.24, 2.45) is 18.7 Å². The molecule has 6 nitrogen and oxygen atoms in total. The summed E-state index contributed by atoms with van der Waals surface area (Å²) in [5, 5.41) is 0.834. The molecule has 1 fully saturated rings. The van der Waals surface area contributed by atoms with Crippen molar-refractivity contribution >= 4 is 23.6 Å². The van der Waals surface area contributed by atoms with Crippen molar-refractivity contribution < 1.29 is 9.59 Å². The molecule has 2 amide bonds. The van der Waals surface area contributed by atoms with Crippen molar-refractivity contribution in [1.82, 2.24) is 14.5 Å². The Labute approximate surface area is 116 Å². The predicted octanol–water partition coefficient (Wildman–Crippen LogP) is 0.236. The highest BCUT2D eigenvalue weighted by atomic mass is 32.2. The van der Waals surface area contributed by atoms with Gasteiger partial charge >= 0.3 is 0 Å². The van der Waals surface area contributed by atoms with Crippen LogP contribution in [0.1, 0.15) is 12.8 Å². The number of hydrogen-bond acceptors (Lipinski definition) is 4. The van der Waals surface area contributed by atoms with Crippen LogP contribution >= 0.6 is 11.8 Å². The molecule has 0 atom stereocenters. The molecule has 0 aliphatic carbocycles. The molecule has 0 aromatic carbocycles. The van der Waals surface area contributed by atoms with Gasteiger partial charge < -0.3 is 15.2 Å². The summed E-state index contributed by atoms with van der Waals surface area (Å²) in [5.74, 6) is 0.142. The van der Waals surface area contributed by atoms with Crippen molar-refractivity contribution in [2.75, 3.05) is 18.8 Å². The molecule has 1 aliphatic heterocycles. The number of carbonyl (C=O) groups excluding carboxylic acids is 2. The molecular formula is C12H18N4O2S. The fourth-order valence-corrected chi connectivity index (χ4v) is 2.96. The Balaban J connectivity index is 1.79. The van der Waals surface area contributed by atoms with Gasteiger partial charge in [-0.15, -0.1) is 0 Å². The lowest BCUT2D eigenvalue weighted by Gasteiger charge is -2.30. The Kier molecular flexibility index (Phi) is 4.47. The minimum Gasteiger partial charge on any atom is -0.369 e. The lowest BCUT2D eigenvalue weighted by Crippen LogP contribution is -2.42. The fourth-order valence-electron chi connectivity index (χ4n) is 2.12. The van der Waals surface area contributed by atoms with E-state index in [0.29, 0.717) is 31.7 Å². The van der Waals surface area contributed by atoms with Crippen LogP contribution in [0.15, 0.2) is 17.6 Å². The highest BCUT2D eigenvalue weighted by Crippen LogP contribution is 2.19. The Bertz CT molecular complexity index is 466. The molecule has 0 spiro atoms. The molecule has 0 radical (unpaired) electrons. The van der Waals surface area contributed by atoms with E-state index in [1.54, 1.807) is 11.1 Å². The highest BCUT2D eigenvalue weighted by molar-refractivity contribution is 7.99. The van der Waals surface area contributed by atoms with Gasteiger partial charge in [0.25, 0.3) is 0 Å². The zero-order valence-electron chi connectivity index (χ0n) is 10.9. The van der Waals surface area contributed by atoms with Crippen LogP contribution in [0.3, 0.4) is 0 Å². The van der Waals surface area contributed by atoms with E-state index in [1.165, 1.54) is 11.8 Å². The van der Waals surface area contributed by atoms with Crippen LogP contribution in [-0.4, -0.2) is 45.1 Å². The summed E-state index contributed by atoms with van der Waals surface area (Å²) in [7, 11) is 1.90. The van der Waals surface area contributed by atoms with Crippen LogP contribution in [-0.2, 0) is 16.6 Å². The standard InChI is InChI=1S/C12H18N4O2S/c1-15-7-4-14-12(15)19-8-10(17)16-5-2-9(3-6-16)11(13)18/h4,7,9H,2-3,5-6,8H2,1H3,(H2,13,18). The molecule has 2 heterocycles. The van der Waals surface area contributed by atoms with Gasteiger partial charge in [0.2, 0.25) is 11.8 Å². The molecule has 1 saturated heterocycles. The van der Waals surface area contributed by atoms with Crippen molar-refractivity contribution in [2.45, 2.75) is 18.0 Å². The number of imidazole rings is 1. The highest BCUT2D eigenvalue weighted by Gasteiger charge is 2.25. The number of aryl methyl sites for hydroxylation is 1. The summed E-state index contributed by atoms with van der Waals surface area (Å²) in [6, 6.07) is 0. The number of hydrogen-bond donors (Lipinski definition) is 1. The molecule has 104 valence electrons. The minimum atomic E-state index is -0.255. The molecule has 1 aromatic rings. The van der Waals surface area contributed by atoms with E-state index in [1.807, 2.05) is 17.8 Å². The second-order valence-electron chi connectivity index (χ2n) is 4.67. The number of amides is 2. The maximum Gasteiger partial charge on any atom is 0.233 e. The van der Waals surface area contributed by atoms with E-state index in [-0.39, 0.29) is 17.7 Å². The van der Waals surface area contributed by atoms with E-state index in [9.17, 15) is 9.59 Å². The average Bonchev–Trinajstić information content (AvgIpc) is 2.81. The third kappa shape index (κ3) is 3.50. The number of aromatic nitrogens is 2. The van der Waals surface area contributed by atoms with Gasteiger partial charge in [-0.2, -0.15) is 0 Å². The average molecular weight is 282 g/mol. The monoisotopic (exact) mass is 282 g/mol. The number of nitrogens with two attached hydrogens (primary N) is 1. The summed E-state index contributed by atoms with van der Waals surface area (Å²) >= 11 is 1.43. The summed E-state index contributed by atoms with van der Waals surface area (Å²) in [4.78, 5) is 29.0. The van der Waals surface area contributed by atoms with Gasteiger partial charge in [-0.3, -0.25) is 9.59 Å². The lowest BCUT2D eigenvalue weighted by atomic mass is 9.96. The molecule has 0 unspecified atom stereocenters. The third-order valence-electron chi connectivity index (χ3n) is 3.35. The number of thioether (sulfide) groups is 1. The molecule has 2 N–H and O–H groups in total. The first kappa shape index (κ1) is 13.9. The quantitative estimate of drug-likeness (QED) is 0.802. The number of piperidine rings is 1. The van der Waals surface area contributed by atoms with Crippen LogP contribution < -0.4 is 5.73 Å². The molecule has 0 bridgehead atoms. The van der Waals surface area contributed by atoms with Gasteiger partial charge in [0.05, 0.1) is 5.75 Å². The summed E-state index contributed by atoms with van der Waals surface area (Å²) in [6.07, 6.45) is 4.92. The normalized spacial score (nSPS) is 16.6. The topological polar surface area (TPSA) is 81.2 Å². The maximum absolute atomic E-state index is 12.0. The van der Waals surface area contributed by atoms with Crippen molar-refractivity contribution in [3.8, 4) is 0 Å². The second-order valence-corrected chi connectivity index (χ2v) is 5.61. The van der Waals surface area contributed by atoms with Crippen LogP contribution in [0.5, 0.6) is 0 Å². The molecule has 19 heavy (non-hydrogen) atoms. The fraction of sp³-hybridized carbons (Fsp3) is 0.583. The van der Waals surface area contributed by atoms with Gasteiger partial charge in [0.1, 0.15) is 0 Å². The molecule has 1 aromatic heterocycles. The first-order chi connectivity index (χ1) is 9.08. The molecule has 2 rings (SSSR count). The smallest absolute Gasteiger partial charge is 0.233 e. The number of primary amides is 1. The first-order valence-electron chi connectivity index (χ1n) is 6.25. The SMILES string of the molecule is Cn1ccnc1SCC(=O)N1CCC(C(N)=O)CC1. The van der Waals surface area contributed by atoms with Crippen molar-refractivity contribution in [3.05, 3.63) is 12.4 Å². The maximum atomic E-state index is 12.0. The Morgan fingerprint density at radius 1 is 1.47 bits per heavy atom. The van der Waals surface area contributed by atoms with Crippen molar-refractivity contribution in [1.29, 1.82) is 0 Å². The van der Waals surface area contributed by atoms with Gasteiger partial charge in [-0.1, -0.05) is 11.8 Å². The summed E-state index contributed by atoms with van der Waals surface area (Å²) in [6.45, 7) is 1.24. The van der Waals surface area contributed by atoms with E-state index in [2.05, 4.69) is 4.98 Å². The zero-order valence-corrected chi connectivity index (χ0v) is 11.7. The van der Waals surface area contributed by atoms with Crippen molar-refractivity contribution in [3.63, 3.8) is 0 Å². The van der Waals surface area contributed by atoms with Crippen LogP contribution in [0.2, 0.25) is 0 Å². The van der Waals surface area contributed by atoms with Crippen LogP contribution in [0.25, 0.3) is 0 Å². The van der Waals surface area contributed by atoms with Gasteiger partial charge in [0.15, 0.2) is 5.16 Å². The molecular weight excluding hydrogens is 264 g/mol. The Morgan fingerprint density at radius 3 is 2.68 bits per heavy atom. The minimum absolute atomic E-state index is 0.0776. The number of likely N-dealkylation sites (tertiary alicyclic amines) is 1. The van der Waals surface area contributed by atoms with Gasteiger partial charge in [0, 0.05) is 38.4 Å². The summed E-state index contributed by atoms with van der Waals surface area (Å²) < 4.78 is 1.89. The predicted molar refractivity (Wildman–Crippen MR) is 72.4 cm³/mol. The van der Waals surface area contributed by atoms with E-state index >= 15 is 0 Å². The first-order valence-corrected chi connectivity index (χ1v) is 7.23. The van der Waals surface area contributed by atoms with Crippen LogP contribution in [0, 0.1) is 5.92 Å². The number of nitrogens with zero attached hydrogens (tertiary/aromatic N) is 3. The number of carbonyl (C=O) groups is 2. The molecule has 1 aliphatic rings. The van der Waals surface area contributed by atoms with Gasteiger partial charge in [-0.25, -0.2) is 4.98 Å². The molecule has 7 heteroatoms. The Morgan fingerprint density at radius 2 is 2.16 bits per heavy atom. The molecule has 0 saturated carbocycles. The lowest BCUT2D eigenvalue weighted by molar-refractivity contribution is -0.132. The summed E-state index contributed by atoms with van der Waals surface area (Å²) in [5.41, 5.74) is 5.27. The van der Waals surface area contributed by atoms with E-state index in [0.717, 1.165) is 5.16 Å². The zero-order chi connectivity index (χ0) is 13.8.